The second-order valence-corrected chi connectivity index (χ2v) is 7.00. The van der Waals surface area contributed by atoms with E-state index in [0.717, 1.165) is 43.2 Å². The highest BCUT2D eigenvalue weighted by Gasteiger charge is 2.32. The minimum atomic E-state index is -0.0970. The minimum Gasteiger partial charge on any atom is -0.321 e. The highest BCUT2D eigenvalue weighted by atomic mass is 35.5. The molecule has 132 valence electrons. The molecule has 0 spiro atoms. The van der Waals surface area contributed by atoms with Crippen LogP contribution in [-0.2, 0) is 4.79 Å². The average Bonchev–Trinajstić information content (AvgIpc) is 2.65. The number of pyridine rings is 1. The van der Waals surface area contributed by atoms with Gasteiger partial charge in [-0.15, -0.1) is 0 Å². The Morgan fingerprint density at radius 1 is 1.28 bits per heavy atom. The number of amides is 1. The second kappa shape index (κ2) is 7.85. The molecule has 1 saturated heterocycles. The van der Waals surface area contributed by atoms with Crippen molar-refractivity contribution in [2.75, 3.05) is 36.4 Å². The third-order valence-electron chi connectivity index (χ3n) is 4.90. The van der Waals surface area contributed by atoms with Crippen molar-refractivity contribution in [3.63, 3.8) is 0 Å². The fourth-order valence-electron chi connectivity index (χ4n) is 3.20. The maximum absolute atomic E-state index is 12.6. The number of anilines is 2. The molecule has 25 heavy (non-hydrogen) atoms. The highest BCUT2D eigenvalue weighted by molar-refractivity contribution is 6.31. The Hall–Kier alpha value is -2.11. The molecule has 1 aromatic heterocycles. The highest BCUT2D eigenvalue weighted by Crippen LogP contribution is 2.20. The number of benzene rings is 1. The molecule has 2 aromatic rings. The van der Waals surface area contributed by atoms with Gasteiger partial charge in [0.1, 0.15) is 26.2 Å². The molecule has 0 radical (unpaired) electrons. The van der Waals surface area contributed by atoms with Crippen LogP contribution in [0.2, 0.25) is 5.02 Å². The molecule has 6 heteroatoms. The van der Waals surface area contributed by atoms with Crippen molar-refractivity contribution >= 4 is 29.0 Å². The molecule has 3 N–H and O–H groups in total. The predicted molar refractivity (Wildman–Crippen MR) is 100 cm³/mol. The summed E-state index contributed by atoms with van der Waals surface area (Å²) in [6.45, 7) is 7.71. The van der Waals surface area contributed by atoms with Crippen LogP contribution in [0.3, 0.4) is 0 Å². The largest absolute Gasteiger partial charge is 0.321 e. The number of carbonyl (C=O) groups is 1. The average molecular weight is 361 g/mol. The van der Waals surface area contributed by atoms with Crippen molar-refractivity contribution in [1.29, 1.82) is 0 Å². The fourth-order valence-corrected chi connectivity index (χ4v) is 3.38. The molecule has 1 aliphatic rings. The van der Waals surface area contributed by atoms with Gasteiger partial charge in [-0.25, -0.2) is 4.98 Å². The van der Waals surface area contributed by atoms with Crippen molar-refractivity contribution in [3.8, 4) is 0 Å². The van der Waals surface area contributed by atoms with Crippen LogP contribution in [0.1, 0.15) is 12.5 Å². The third-order valence-corrected chi connectivity index (χ3v) is 5.14. The van der Waals surface area contributed by atoms with E-state index in [1.807, 2.05) is 44.3 Å². The smallest absolute Gasteiger partial charge is 0.282 e. The number of hydrogen-bond donors (Lipinski definition) is 2. The zero-order chi connectivity index (χ0) is 17.8. The molecule has 5 nitrogen and oxygen atoms in total. The van der Waals surface area contributed by atoms with E-state index < -0.39 is 0 Å². The van der Waals surface area contributed by atoms with Crippen LogP contribution in [0, 0.1) is 6.92 Å². The molecule has 0 saturated carbocycles. The van der Waals surface area contributed by atoms with E-state index in [1.165, 1.54) is 4.90 Å². The number of hydrogen-bond acceptors (Lipinski definition) is 2. The summed E-state index contributed by atoms with van der Waals surface area (Å²) < 4.78 is 0. The van der Waals surface area contributed by atoms with E-state index in [1.54, 1.807) is 6.07 Å². The summed E-state index contributed by atoms with van der Waals surface area (Å²) in [4.78, 5) is 19.5. The van der Waals surface area contributed by atoms with Crippen LogP contribution < -0.4 is 20.1 Å². The number of piperazine rings is 1. The van der Waals surface area contributed by atoms with Gasteiger partial charge < -0.3 is 10.2 Å². The van der Waals surface area contributed by atoms with E-state index in [2.05, 4.69) is 21.3 Å². The Morgan fingerprint density at radius 2 is 2.04 bits per heavy atom. The van der Waals surface area contributed by atoms with Crippen molar-refractivity contribution in [3.05, 3.63) is 53.2 Å². The molecule has 3 rings (SSSR count). The van der Waals surface area contributed by atoms with Gasteiger partial charge in [-0.05, 0) is 37.6 Å². The molecular formula is C19H25ClN4O+2. The first kappa shape index (κ1) is 17.7. The van der Waals surface area contributed by atoms with E-state index in [-0.39, 0.29) is 11.9 Å². The number of halogens is 1. The van der Waals surface area contributed by atoms with Gasteiger partial charge in [0.2, 0.25) is 0 Å². The maximum Gasteiger partial charge on any atom is 0.282 e. The number of aromatic nitrogens is 1. The molecule has 1 amide bonds. The molecule has 1 aromatic carbocycles. The summed E-state index contributed by atoms with van der Waals surface area (Å²) in [5.74, 6) is 1.17. The lowest BCUT2D eigenvalue weighted by Gasteiger charge is -2.31. The van der Waals surface area contributed by atoms with Gasteiger partial charge >= 0.3 is 0 Å². The van der Waals surface area contributed by atoms with Crippen LogP contribution in [0.4, 0.5) is 11.5 Å². The van der Waals surface area contributed by atoms with Crippen LogP contribution >= 0.6 is 11.6 Å². The number of H-pyrrole nitrogens is 1. The van der Waals surface area contributed by atoms with E-state index >= 15 is 0 Å². The fraction of sp³-hybridized carbons (Fsp3) is 0.368. The molecule has 2 heterocycles. The SMILES string of the molecule is Cc1ccc(Cl)cc1NC(=O)[C@H](C)[NH+]1CCN(c2cccc[nH+]2)CC1. The number of quaternary nitrogens is 1. The summed E-state index contributed by atoms with van der Waals surface area (Å²) in [5, 5.41) is 3.66. The Balaban J connectivity index is 1.57. The Bertz CT molecular complexity index is 729. The molecule has 0 aliphatic carbocycles. The first-order valence-corrected chi connectivity index (χ1v) is 9.05. The van der Waals surface area contributed by atoms with Gasteiger partial charge in [-0.2, -0.15) is 0 Å². The first-order chi connectivity index (χ1) is 12.0. The van der Waals surface area contributed by atoms with Crippen molar-refractivity contribution in [2.24, 2.45) is 0 Å². The molecule has 1 fully saturated rings. The van der Waals surface area contributed by atoms with E-state index in [0.29, 0.717) is 5.02 Å². The summed E-state index contributed by atoms with van der Waals surface area (Å²) in [5.41, 5.74) is 1.81. The predicted octanol–water partition coefficient (Wildman–Crippen LogP) is 1.19. The monoisotopic (exact) mass is 360 g/mol. The standard InChI is InChI=1S/C19H23ClN4O/c1-14-6-7-16(20)13-17(14)22-19(25)15(2)23-9-11-24(12-10-23)18-5-3-4-8-21-18/h3-8,13,15H,9-12H2,1-2H3,(H,22,25)/p+2/t15-/m0/s1. The third kappa shape index (κ3) is 4.30. The van der Waals surface area contributed by atoms with Gasteiger partial charge in [-0.3, -0.25) is 9.69 Å². The summed E-state index contributed by atoms with van der Waals surface area (Å²) in [7, 11) is 0. The Kier molecular flexibility index (Phi) is 5.56. The van der Waals surface area contributed by atoms with Crippen LogP contribution in [0.25, 0.3) is 0 Å². The summed E-state index contributed by atoms with van der Waals surface area (Å²) in [6, 6.07) is 11.6. The number of nitrogens with one attached hydrogen (secondary N) is 3. The zero-order valence-corrected chi connectivity index (χ0v) is 15.4. The molecule has 0 unspecified atom stereocenters. The lowest BCUT2D eigenvalue weighted by molar-refractivity contribution is -0.914. The molecule has 1 atom stereocenters. The van der Waals surface area contributed by atoms with Crippen LogP contribution in [-0.4, -0.2) is 38.1 Å². The van der Waals surface area contributed by atoms with Crippen molar-refractivity contribution in [1.82, 2.24) is 0 Å². The Morgan fingerprint density at radius 3 is 2.72 bits per heavy atom. The number of nitrogens with zero attached hydrogens (tertiary/aromatic N) is 1. The molecule has 0 bridgehead atoms. The first-order valence-electron chi connectivity index (χ1n) is 8.68. The van der Waals surface area contributed by atoms with Gasteiger partial charge in [-0.1, -0.05) is 23.7 Å². The van der Waals surface area contributed by atoms with Crippen LogP contribution in [0.15, 0.2) is 42.6 Å². The van der Waals surface area contributed by atoms with Gasteiger partial charge in [0.25, 0.3) is 11.7 Å². The second-order valence-electron chi connectivity index (χ2n) is 6.56. The minimum absolute atomic E-state index is 0.0418. The number of carbonyl (C=O) groups excluding carboxylic acids is 1. The van der Waals surface area contributed by atoms with Crippen molar-refractivity contribution in [2.45, 2.75) is 19.9 Å². The molecular weight excluding hydrogens is 336 g/mol. The lowest BCUT2D eigenvalue weighted by Crippen LogP contribution is -3.19. The number of rotatable bonds is 4. The van der Waals surface area contributed by atoms with Gasteiger partial charge in [0.15, 0.2) is 6.04 Å². The van der Waals surface area contributed by atoms with Crippen LogP contribution in [0.5, 0.6) is 0 Å². The summed E-state index contributed by atoms with van der Waals surface area (Å²) in [6.07, 6.45) is 1.94. The number of aryl methyl sites for hydroxylation is 1. The maximum atomic E-state index is 12.6. The van der Waals surface area contributed by atoms with E-state index in [4.69, 9.17) is 11.6 Å². The topological polar surface area (TPSA) is 50.9 Å². The van der Waals surface area contributed by atoms with Gasteiger partial charge in [0, 0.05) is 16.8 Å². The Labute approximate surface area is 153 Å². The van der Waals surface area contributed by atoms with Crippen molar-refractivity contribution < 1.29 is 14.7 Å². The quantitative estimate of drug-likeness (QED) is 0.860. The lowest BCUT2D eigenvalue weighted by atomic mass is 10.1. The normalized spacial score (nSPS) is 16.5. The van der Waals surface area contributed by atoms with Gasteiger partial charge in [0.05, 0.1) is 6.20 Å². The number of aromatic amines is 1. The molecule has 1 aliphatic heterocycles. The van der Waals surface area contributed by atoms with E-state index in [9.17, 15) is 4.79 Å². The zero-order valence-electron chi connectivity index (χ0n) is 14.7. The summed E-state index contributed by atoms with van der Waals surface area (Å²) >= 11 is 6.04.